The number of aromatic nitrogens is 2. The summed E-state index contributed by atoms with van der Waals surface area (Å²) in [6, 6.07) is 4.27. The molecular weight excluding hydrogens is 246 g/mol. The second kappa shape index (κ2) is 5.43. The summed E-state index contributed by atoms with van der Waals surface area (Å²) in [6.45, 7) is 1.56. The molecule has 98 valence electrons. The Hall–Kier alpha value is -2.50. The number of carbonyl (C=O) groups excluding carboxylic acids is 2. The van der Waals surface area contributed by atoms with E-state index in [1.807, 2.05) is 0 Å². The van der Waals surface area contributed by atoms with E-state index in [0.717, 1.165) is 0 Å². The number of esters is 1. The van der Waals surface area contributed by atoms with Crippen LogP contribution in [-0.4, -0.2) is 35.0 Å². The largest absolute Gasteiger partial charge is 0.467 e. The van der Waals surface area contributed by atoms with Crippen LogP contribution in [0, 0.1) is 0 Å². The lowest BCUT2D eigenvalue weighted by molar-refractivity contribution is -0.142. The fourth-order valence-corrected chi connectivity index (χ4v) is 1.62. The van der Waals surface area contributed by atoms with E-state index in [9.17, 15) is 9.59 Å². The molecule has 1 aromatic carbocycles. The van der Waals surface area contributed by atoms with Crippen LogP contribution < -0.4 is 5.32 Å². The predicted octanol–water partition coefficient (Wildman–Crippen LogP) is 0.921. The lowest BCUT2D eigenvalue weighted by Crippen LogP contribution is -2.39. The molecule has 1 aromatic heterocycles. The summed E-state index contributed by atoms with van der Waals surface area (Å²) in [5.41, 5.74) is 1.75. The molecule has 6 nitrogen and oxygen atoms in total. The van der Waals surface area contributed by atoms with Crippen molar-refractivity contribution in [1.82, 2.24) is 15.3 Å². The van der Waals surface area contributed by atoms with E-state index in [4.69, 9.17) is 0 Å². The average molecular weight is 259 g/mol. The Morgan fingerprint density at radius 1 is 1.21 bits per heavy atom. The zero-order chi connectivity index (χ0) is 13.8. The first-order valence-electron chi connectivity index (χ1n) is 5.71. The van der Waals surface area contributed by atoms with E-state index in [-0.39, 0.29) is 5.91 Å². The third-order valence-electron chi connectivity index (χ3n) is 2.63. The van der Waals surface area contributed by atoms with Gasteiger partial charge in [0.2, 0.25) is 0 Å². The zero-order valence-electron chi connectivity index (χ0n) is 10.6. The van der Waals surface area contributed by atoms with Crippen molar-refractivity contribution in [2.45, 2.75) is 13.0 Å². The highest BCUT2D eigenvalue weighted by Crippen LogP contribution is 2.10. The summed E-state index contributed by atoms with van der Waals surface area (Å²) >= 11 is 0. The molecule has 1 unspecified atom stereocenters. The van der Waals surface area contributed by atoms with Gasteiger partial charge in [-0.1, -0.05) is 0 Å². The van der Waals surface area contributed by atoms with Crippen molar-refractivity contribution in [2.75, 3.05) is 7.11 Å². The Labute approximate surface area is 109 Å². The van der Waals surface area contributed by atoms with Crippen molar-refractivity contribution in [3.63, 3.8) is 0 Å². The number of hydrogen-bond donors (Lipinski definition) is 1. The smallest absolute Gasteiger partial charge is 0.328 e. The average Bonchev–Trinajstić information content (AvgIpc) is 2.45. The molecule has 1 heterocycles. The maximum atomic E-state index is 12.0. The molecule has 0 saturated heterocycles. The third kappa shape index (κ3) is 2.85. The van der Waals surface area contributed by atoms with Gasteiger partial charge < -0.3 is 10.1 Å². The number of methoxy groups -OCH3 is 1. The van der Waals surface area contributed by atoms with Gasteiger partial charge in [-0.25, -0.2) is 4.79 Å². The fourth-order valence-electron chi connectivity index (χ4n) is 1.62. The van der Waals surface area contributed by atoms with Crippen LogP contribution in [-0.2, 0) is 9.53 Å². The first kappa shape index (κ1) is 12.9. The Kier molecular flexibility index (Phi) is 3.70. The molecule has 1 N–H and O–H groups in total. The minimum atomic E-state index is -0.699. The lowest BCUT2D eigenvalue weighted by Gasteiger charge is -2.11. The number of fused-ring (bicyclic) bond motifs is 1. The maximum Gasteiger partial charge on any atom is 0.328 e. The van der Waals surface area contributed by atoms with E-state index in [1.165, 1.54) is 7.11 Å². The van der Waals surface area contributed by atoms with E-state index >= 15 is 0 Å². The topological polar surface area (TPSA) is 81.2 Å². The van der Waals surface area contributed by atoms with Crippen molar-refractivity contribution < 1.29 is 14.3 Å². The molecule has 0 bridgehead atoms. The van der Waals surface area contributed by atoms with Crippen LogP contribution in [0.4, 0.5) is 0 Å². The molecule has 0 fully saturated rings. The molecule has 0 saturated carbocycles. The fraction of sp³-hybridized carbons (Fsp3) is 0.231. The maximum absolute atomic E-state index is 12.0. The van der Waals surface area contributed by atoms with Crippen molar-refractivity contribution in [3.05, 3.63) is 36.2 Å². The summed E-state index contributed by atoms with van der Waals surface area (Å²) in [6.07, 6.45) is 3.14. The van der Waals surface area contributed by atoms with Gasteiger partial charge in [0.1, 0.15) is 6.04 Å². The predicted molar refractivity (Wildman–Crippen MR) is 68.5 cm³/mol. The zero-order valence-corrected chi connectivity index (χ0v) is 10.6. The van der Waals surface area contributed by atoms with Crippen LogP contribution in [0.15, 0.2) is 30.6 Å². The molecule has 2 aromatic rings. The minimum Gasteiger partial charge on any atom is -0.467 e. The Morgan fingerprint density at radius 3 is 2.58 bits per heavy atom. The lowest BCUT2D eigenvalue weighted by atomic mass is 10.1. The van der Waals surface area contributed by atoms with Crippen molar-refractivity contribution in [1.29, 1.82) is 0 Å². The number of hydrogen-bond acceptors (Lipinski definition) is 5. The Bertz CT molecular complexity index is 627. The number of benzene rings is 1. The van der Waals surface area contributed by atoms with Crippen LogP contribution in [0.3, 0.4) is 0 Å². The van der Waals surface area contributed by atoms with Gasteiger partial charge in [0, 0.05) is 18.0 Å². The molecule has 19 heavy (non-hydrogen) atoms. The van der Waals surface area contributed by atoms with Crippen molar-refractivity contribution in [2.24, 2.45) is 0 Å². The highest BCUT2D eigenvalue weighted by atomic mass is 16.5. The van der Waals surface area contributed by atoms with Gasteiger partial charge in [-0.15, -0.1) is 0 Å². The quantitative estimate of drug-likeness (QED) is 0.829. The first-order chi connectivity index (χ1) is 9.11. The molecule has 0 aliphatic heterocycles. The molecule has 0 radical (unpaired) electrons. The highest BCUT2D eigenvalue weighted by molar-refractivity contribution is 5.99. The van der Waals surface area contributed by atoms with Crippen LogP contribution >= 0.6 is 0 Å². The van der Waals surface area contributed by atoms with Crippen molar-refractivity contribution in [3.8, 4) is 0 Å². The van der Waals surface area contributed by atoms with Gasteiger partial charge in [-0.3, -0.25) is 14.8 Å². The third-order valence-corrected chi connectivity index (χ3v) is 2.63. The van der Waals surface area contributed by atoms with Crippen molar-refractivity contribution >= 4 is 22.9 Å². The summed E-state index contributed by atoms with van der Waals surface area (Å²) in [5.74, 6) is -0.848. The Morgan fingerprint density at radius 2 is 1.89 bits per heavy atom. The number of amides is 1. The number of nitrogens with zero attached hydrogens (tertiary/aromatic N) is 2. The van der Waals surface area contributed by atoms with Crippen LogP contribution in [0.2, 0.25) is 0 Å². The standard InChI is InChI=1S/C13H13N3O3/c1-8(13(18)19-2)16-12(17)9-3-4-10-11(7-9)15-6-5-14-10/h3-8H,1-2H3,(H,16,17). The van der Waals surface area contributed by atoms with E-state index in [0.29, 0.717) is 16.6 Å². The molecule has 2 rings (SSSR count). The molecule has 1 amide bonds. The van der Waals surface area contributed by atoms with Crippen LogP contribution in [0.5, 0.6) is 0 Å². The summed E-state index contributed by atoms with van der Waals surface area (Å²) < 4.78 is 4.54. The molecule has 1 atom stereocenters. The second-order valence-electron chi connectivity index (χ2n) is 3.98. The summed E-state index contributed by atoms with van der Waals surface area (Å²) in [7, 11) is 1.27. The second-order valence-corrected chi connectivity index (χ2v) is 3.98. The number of nitrogens with one attached hydrogen (secondary N) is 1. The number of rotatable bonds is 3. The van der Waals surface area contributed by atoms with Crippen LogP contribution in [0.1, 0.15) is 17.3 Å². The molecule has 0 aliphatic rings. The van der Waals surface area contributed by atoms with Crippen LogP contribution in [0.25, 0.3) is 11.0 Å². The van der Waals surface area contributed by atoms with Gasteiger partial charge in [0.25, 0.3) is 5.91 Å². The van der Waals surface area contributed by atoms with Gasteiger partial charge in [-0.05, 0) is 25.1 Å². The van der Waals surface area contributed by atoms with Gasteiger partial charge in [0.15, 0.2) is 0 Å². The number of ether oxygens (including phenoxy) is 1. The number of carbonyl (C=O) groups is 2. The van der Waals surface area contributed by atoms with E-state index < -0.39 is 12.0 Å². The highest BCUT2D eigenvalue weighted by Gasteiger charge is 2.17. The molecule has 6 heteroatoms. The van der Waals surface area contributed by atoms with Gasteiger partial charge in [-0.2, -0.15) is 0 Å². The van der Waals surface area contributed by atoms with E-state index in [1.54, 1.807) is 37.5 Å². The molecule has 0 spiro atoms. The normalized spacial score (nSPS) is 11.9. The SMILES string of the molecule is COC(=O)C(C)NC(=O)c1ccc2nccnc2c1. The van der Waals surface area contributed by atoms with E-state index in [2.05, 4.69) is 20.0 Å². The van der Waals surface area contributed by atoms with Gasteiger partial charge in [0.05, 0.1) is 18.1 Å². The monoisotopic (exact) mass is 259 g/mol. The first-order valence-corrected chi connectivity index (χ1v) is 5.71. The summed E-state index contributed by atoms with van der Waals surface area (Å²) in [5, 5.41) is 2.55. The summed E-state index contributed by atoms with van der Waals surface area (Å²) in [4.78, 5) is 31.4. The Balaban J connectivity index is 2.19. The van der Waals surface area contributed by atoms with Gasteiger partial charge >= 0.3 is 5.97 Å². The molecular formula is C13H13N3O3. The minimum absolute atomic E-state index is 0.356. The molecule has 0 aliphatic carbocycles.